The third-order valence-electron chi connectivity index (χ3n) is 4.85. The van der Waals surface area contributed by atoms with Crippen LogP contribution in [0, 0.1) is 11.3 Å². The lowest BCUT2D eigenvalue weighted by Crippen LogP contribution is -2.48. The van der Waals surface area contributed by atoms with Gasteiger partial charge in [-0.3, -0.25) is 4.90 Å². The molecule has 2 unspecified atom stereocenters. The van der Waals surface area contributed by atoms with Crippen molar-refractivity contribution in [1.82, 2.24) is 9.80 Å². The molecule has 3 atom stereocenters. The highest BCUT2D eigenvalue weighted by Gasteiger charge is 2.57. The Balaban J connectivity index is 1.57. The van der Waals surface area contributed by atoms with Crippen LogP contribution in [-0.4, -0.2) is 49.1 Å². The molecule has 3 aliphatic rings. The molecule has 0 radical (unpaired) electrons. The molecule has 0 aromatic rings. The van der Waals surface area contributed by atoms with Crippen molar-refractivity contribution in [2.24, 2.45) is 11.3 Å². The van der Waals surface area contributed by atoms with Gasteiger partial charge in [-0.1, -0.05) is 6.92 Å². The van der Waals surface area contributed by atoms with Gasteiger partial charge in [0.2, 0.25) is 0 Å². The van der Waals surface area contributed by atoms with Crippen LogP contribution in [0.2, 0.25) is 0 Å². The summed E-state index contributed by atoms with van der Waals surface area (Å²) in [6.45, 7) is 7.66. The maximum Gasteiger partial charge on any atom is 0.0113 e. The smallest absolute Gasteiger partial charge is 0.0113 e. The van der Waals surface area contributed by atoms with Gasteiger partial charge < -0.3 is 4.90 Å². The highest BCUT2D eigenvalue weighted by atomic mass is 15.3. The van der Waals surface area contributed by atoms with Crippen molar-refractivity contribution >= 4 is 0 Å². The Kier molecular flexibility index (Phi) is 1.94. The zero-order valence-electron chi connectivity index (χ0n) is 9.50. The van der Waals surface area contributed by atoms with Crippen molar-refractivity contribution in [1.29, 1.82) is 0 Å². The molecule has 0 aromatic carbocycles. The van der Waals surface area contributed by atoms with Crippen molar-refractivity contribution in [3.05, 3.63) is 0 Å². The third kappa shape index (κ3) is 1.40. The number of likely N-dealkylation sites (N-methyl/N-ethyl adjacent to an activating group) is 1. The Morgan fingerprint density at radius 2 is 1.79 bits per heavy atom. The number of rotatable bonds is 1. The molecule has 1 heterocycles. The van der Waals surface area contributed by atoms with Gasteiger partial charge >= 0.3 is 0 Å². The van der Waals surface area contributed by atoms with Crippen LogP contribution in [0.1, 0.15) is 26.2 Å². The van der Waals surface area contributed by atoms with Crippen LogP contribution in [0.25, 0.3) is 0 Å². The lowest BCUT2D eigenvalue weighted by molar-refractivity contribution is 0.105. The van der Waals surface area contributed by atoms with E-state index in [2.05, 4.69) is 23.8 Å². The molecule has 0 spiro atoms. The van der Waals surface area contributed by atoms with Gasteiger partial charge in [0.25, 0.3) is 0 Å². The Morgan fingerprint density at radius 1 is 1.07 bits per heavy atom. The monoisotopic (exact) mass is 194 g/mol. The Hall–Kier alpha value is -0.0800. The molecule has 2 aliphatic carbocycles. The molecule has 80 valence electrons. The molecule has 14 heavy (non-hydrogen) atoms. The van der Waals surface area contributed by atoms with Crippen molar-refractivity contribution in [2.75, 3.05) is 33.2 Å². The van der Waals surface area contributed by atoms with Gasteiger partial charge in [0.1, 0.15) is 0 Å². The first kappa shape index (κ1) is 9.17. The SMILES string of the molecule is CN1CCN(C2C[C@H]3CC3(C)C2)CC1. The standard InChI is InChI=1S/C12H22N2/c1-12-8-10(12)7-11(9-12)14-5-3-13(2)4-6-14/h10-11H,3-9H2,1-2H3/t10-,11?,12?/m0/s1. The summed E-state index contributed by atoms with van der Waals surface area (Å²) >= 11 is 0. The van der Waals surface area contributed by atoms with Crippen molar-refractivity contribution in [2.45, 2.75) is 32.2 Å². The topological polar surface area (TPSA) is 6.48 Å². The largest absolute Gasteiger partial charge is 0.304 e. The first-order valence-electron chi connectivity index (χ1n) is 6.10. The average molecular weight is 194 g/mol. The lowest BCUT2D eigenvalue weighted by atomic mass is 10.0. The zero-order valence-corrected chi connectivity index (χ0v) is 9.50. The molecule has 1 saturated heterocycles. The van der Waals surface area contributed by atoms with Crippen LogP contribution in [0.3, 0.4) is 0 Å². The average Bonchev–Trinajstić information content (AvgIpc) is 2.66. The van der Waals surface area contributed by atoms with Gasteiger partial charge in [0.15, 0.2) is 0 Å². The second-order valence-electron chi connectivity index (χ2n) is 5.99. The zero-order chi connectivity index (χ0) is 9.76. The summed E-state index contributed by atoms with van der Waals surface area (Å²) in [6, 6.07) is 0.937. The fraction of sp³-hybridized carbons (Fsp3) is 1.00. The minimum atomic E-state index is 0.772. The molecule has 2 saturated carbocycles. The Bertz CT molecular complexity index is 232. The van der Waals surface area contributed by atoms with Gasteiger partial charge in [0, 0.05) is 32.2 Å². The predicted octanol–water partition coefficient (Wildman–Crippen LogP) is 1.42. The molecule has 0 N–H and O–H groups in total. The number of fused-ring (bicyclic) bond motifs is 1. The molecule has 1 aliphatic heterocycles. The van der Waals surface area contributed by atoms with Crippen LogP contribution in [-0.2, 0) is 0 Å². The summed E-state index contributed by atoms with van der Waals surface area (Å²) < 4.78 is 0. The van der Waals surface area contributed by atoms with Crippen LogP contribution in [0.4, 0.5) is 0 Å². The van der Waals surface area contributed by atoms with E-state index >= 15 is 0 Å². The summed E-state index contributed by atoms with van der Waals surface area (Å²) in [7, 11) is 2.24. The second-order valence-corrected chi connectivity index (χ2v) is 5.99. The quantitative estimate of drug-likeness (QED) is 0.623. The fourth-order valence-electron chi connectivity index (χ4n) is 3.54. The van der Waals surface area contributed by atoms with Crippen molar-refractivity contribution in [3.8, 4) is 0 Å². The van der Waals surface area contributed by atoms with Gasteiger partial charge in [-0.25, -0.2) is 0 Å². The Morgan fingerprint density at radius 3 is 2.36 bits per heavy atom. The van der Waals surface area contributed by atoms with Crippen LogP contribution in [0.5, 0.6) is 0 Å². The van der Waals surface area contributed by atoms with E-state index in [4.69, 9.17) is 0 Å². The molecule has 3 rings (SSSR count). The first-order valence-corrected chi connectivity index (χ1v) is 6.10. The molecule has 0 aromatic heterocycles. The molecule has 0 bridgehead atoms. The molecular weight excluding hydrogens is 172 g/mol. The van der Waals surface area contributed by atoms with E-state index in [9.17, 15) is 0 Å². The van der Waals surface area contributed by atoms with Gasteiger partial charge in [-0.05, 0) is 37.6 Å². The molecule has 2 nitrogen and oxygen atoms in total. The first-order chi connectivity index (χ1) is 6.67. The maximum atomic E-state index is 2.75. The number of hydrogen-bond donors (Lipinski definition) is 0. The second kappa shape index (κ2) is 2.96. The van der Waals surface area contributed by atoms with E-state index in [0.717, 1.165) is 17.4 Å². The van der Waals surface area contributed by atoms with E-state index in [1.165, 1.54) is 45.4 Å². The van der Waals surface area contributed by atoms with Crippen LogP contribution in [0.15, 0.2) is 0 Å². The van der Waals surface area contributed by atoms with Crippen LogP contribution >= 0.6 is 0 Å². The van der Waals surface area contributed by atoms with Gasteiger partial charge in [-0.15, -0.1) is 0 Å². The van der Waals surface area contributed by atoms with E-state index in [-0.39, 0.29) is 0 Å². The van der Waals surface area contributed by atoms with E-state index in [0.29, 0.717) is 0 Å². The molecule has 3 fully saturated rings. The van der Waals surface area contributed by atoms with Crippen LogP contribution < -0.4 is 0 Å². The lowest BCUT2D eigenvalue weighted by Gasteiger charge is -2.37. The number of hydrogen-bond acceptors (Lipinski definition) is 2. The van der Waals surface area contributed by atoms with Crippen molar-refractivity contribution < 1.29 is 0 Å². The minimum Gasteiger partial charge on any atom is -0.304 e. The normalized spacial score (nSPS) is 49.3. The maximum absolute atomic E-state index is 2.75. The van der Waals surface area contributed by atoms with Crippen molar-refractivity contribution in [3.63, 3.8) is 0 Å². The highest BCUT2D eigenvalue weighted by Crippen LogP contribution is 2.63. The van der Waals surface area contributed by atoms with E-state index < -0.39 is 0 Å². The molecule has 0 amide bonds. The molecule has 2 heteroatoms. The Labute approximate surface area is 87.3 Å². The van der Waals surface area contributed by atoms with Gasteiger partial charge in [0.05, 0.1) is 0 Å². The van der Waals surface area contributed by atoms with Gasteiger partial charge in [-0.2, -0.15) is 0 Å². The summed E-state index contributed by atoms with van der Waals surface area (Å²) in [6.07, 6.45) is 4.51. The summed E-state index contributed by atoms with van der Waals surface area (Å²) in [5.41, 5.74) is 0.772. The molecular formula is C12H22N2. The van der Waals surface area contributed by atoms with E-state index in [1.807, 2.05) is 0 Å². The summed E-state index contributed by atoms with van der Waals surface area (Å²) in [5, 5.41) is 0. The summed E-state index contributed by atoms with van der Waals surface area (Å²) in [5.74, 6) is 1.09. The van der Waals surface area contributed by atoms with E-state index in [1.54, 1.807) is 0 Å². The fourth-order valence-corrected chi connectivity index (χ4v) is 3.54. The minimum absolute atomic E-state index is 0.772. The third-order valence-corrected chi connectivity index (χ3v) is 4.85. The highest BCUT2D eigenvalue weighted by molar-refractivity contribution is 5.09. The number of piperazine rings is 1. The number of nitrogens with zero attached hydrogens (tertiary/aromatic N) is 2. The summed E-state index contributed by atoms with van der Waals surface area (Å²) in [4.78, 5) is 5.20. The predicted molar refractivity (Wildman–Crippen MR) is 58.3 cm³/mol.